The molecule has 1 rings (SSSR count). The van der Waals surface area contributed by atoms with Gasteiger partial charge in [0.25, 0.3) is 0 Å². The van der Waals surface area contributed by atoms with E-state index in [2.05, 4.69) is 76.3 Å². The van der Waals surface area contributed by atoms with Gasteiger partial charge in [-0.1, -0.05) is 45.0 Å². The minimum absolute atomic E-state index is 0.236. The van der Waals surface area contributed by atoms with E-state index in [-0.39, 0.29) is 5.41 Å². The van der Waals surface area contributed by atoms with Crippen molar-refractivity contribution in [3.63, 3.8) is 0 Å². The van der Waals surface area contributed by atoms with Crippen LogP contribution in [0.5, 0.6) is 0 Å². The lowest BCUT2D eigenvalue weighted by Crippen LogP contribution is -2.28. The van der Waals surface area contributed by atoms with Crippen LogP contribution in [0, 0.1) is 0 Å². The molecule has 18 heavy (non-hydrogen) atoms. The molecule has 0 aliphatic heterocycles. The second kappa shape index (κ2) is 6.35. The zero-order valence-electron chi connectivity index (χ0n) is 12.7. The summed E-state index contributed by atoms with van der Waals surface area (Å²) in [5, 5.41) is 3.55. The van der Waals surface area contributed by atoms with Gasteiger partial charge in [0.1, 0.15) is 0 Å². The van der Waals surface area contributed by atoms with Crippen molar-refractivity contribution in [1.29, 1.82) is 0 Å². The molecule has 2 nitrogen and oxygen atoms in total. The van der Waals surface area contributed by atoms with Crippen molar-refractivity contribution in [3.8, 4) is 0 Å². The number of benzene rings is 1. The van der Waals surface area contributed by atoms with Crippen LogP contribution < -0.4 is 5.32 Å². The third-order valence-electron chi connectivity index (χ3n) is 3.29. The molecule has 0 heterocycles. The Labute approximate surface area is 112 Å². The van der Waals surface area contributed by atoms with E-state index in [1.54, 1.807) is 0 Å². The fourth-order valence-corrected chi connectivity index (χ4v) is 1.89. The van der Waals surface area contributed by atoms with E-state index in [0.29, 0.717) is 6.04 Å². The van der Waals surface area contributed by atoms with Crippen LogP contribution in [-0.2, 0) is 5.41 Å². The van der Waals surface area contributed by atoms with Crippen LogP contribution >= 0.6 is 0 Å². The molecule has 0 unspecified atom stereocenters. The predicted octanol–water partition coefficient (Wildman–Crippen LogP) is 3.20. The lowest BCUT2D eigenvalue weighted by molar-refractivity contribution is 0.389. The Bertz CT molecular complexity index is 346. The third-order valence-corrected chi connectivity index (χ3v) is 3.29. The van der Waals surface area contributed by atoms with Crippen molar-refractivity contribution in [2.45, 2.75) is 39.2 Å². The number of rotatable bonds is 5. The number of hydrogen-bond acceptors (Lipinski definition) is 2. The highest BCUT2D eigenvalue weighted by Crippen LogP contribution is 2.23. The Morgan fingerprint density at radius 1 is 1.11 bits per heavy atom. The molecular formula is C16H28N2. The molecule has 0 bridgehead atoms. The van der Waals surface area contributed by atoms with Gasteiger partial charge in [-0.15, -0.1) is 0 Å². The monoisotopic (exact) mass is 248 g/mol. The van der Waals surface area contributed by atoms with Crippen LogP contribution in [0.2, 0.25) is 0 Å². The molecule has 0 saturated carbocycles. The summed E-state index contributed by atoms with van der Waals surface area (Å²) in [6, 6.07) is 9.40. The van der Waals surface area contributed by atoms with Crippen LogP contribution in [0.15, 0.2) is 24.3 Å². The molecule has 102 valence electrons. The minimum atomic E-state index is 0.236. The molecule has 1 aromatic carbocycles. The van der Waals surface area contributed by atoms with Gasteiger partial charge in [0.2, 0.25) is 0 Å². The molecule has 2 heteroatoms. The summed E-state index contributed by atoms with van der Waals surface area (Å²) in [5.41, 5.74) is 2.99. The molecule has 0 radical (unpaired) electrons. The minimum Gasteiger partial charge on any atom is -0.309 e. The van der Waals surface area contributed by atoms with Gasteiger partial charge in [0.05, 0.1) is 0 Å². The smallest absolute Gasteiger partial charge is 0.0292 e. The normalized spacial score (nSPS) is 13.9. The Kier molecular flexibility index (Phi) is 5.36. The first-order valence-corrected chi connectivity index (χ1v) is 6.79. The van der Waals surface area contributed by atoms with E-state index in [9.17, 15) is 0 Å². The van der Waals surface area contributed by atoms with E-state index in [1.807, 2.05) is 0 Å². The van der Waals surface area contributed by atoms with Crippen LogP contribution in [0.25, 0.3) is 0 Å². The molecular weight excluding hydrogens is 220 g/mol. The summed E-state index contributed by atoms with van der Waals surface area (Å²) < 4.78 is 0. The first kappa shape index (κ1) is 15.2. The highest BCUT2D eigenvalue weighted by Gasteiger charge is 2.13. The first-order chi connectivity index (χ1) is 8.30. The average molecular weight is 248 g/mol. The van der Waals surface area contributed by atoms with Gasteiger partial charge in [-0.05, 0) is 37.6 Å². The molecule has 0 spiro atoms. The van der Waals surface area contributed by atoms with Gasteiger partial charge in [0, 0.05) is 19.1 Å². The van der Waals surface area contributed by atoms with Crippen LogP contribution in [0.3, 0.4) is 0 Å². The molecule has 1 atom stereocenters. The van der Waals surface area contributed by atoms with E-state index in [4.69, 9.17) is 0 Å². The lowest BCUT2D eigenvalue weighted by atomic mass is 9.86. The van der Waals surface area contributed by atoms with Crippen LogP contribution in [0.1, 0.15) is 44.9 Å². The van der Waals surface area contributed by atoms with Gasteiger partial charge < -0.3 is 10.2 Å². The van der Waals surface area contributed by atoms with Crippen molar-refractivity contribution in [2.75, 3.05) is 27.2 Å². The highest BCUT2D eigenvalue weighted by molar-refractivity contribution is 5.28. The number of likely N-dealkylation sites (N-methyl/N-ethyl adjacent to an activating group) is 1. The van der Waals surface area contributed by atoms with Crippen molar-refractivity contribution >= 4 is 0 Å². The van der Waals surface area contributed by atoms with E-state index >= 15 is 0 Å². The summed E-state index contributed by atoms with van der Waals surface area (Å²) in [4.78, 5) is 2.20. The van der Waals surface area contributed by atoms with Crippen molar-refractivity contribution < 1.29 is 0 Å². The fraction of sp³-hybridized carbons (Fsp3) is 0.625. The van der Waals surface area contributed by atoms with E-state index in [0.717, 1.165) is 13.1 Å². The molecule has 1 N–H and O–H groups in total. The SMILES string of the molecule is C[C@@H](NCCN(C)C)c1ccc(C(C)(C)C)cc1. The van der Waals surface area contributed by atoms with E-state index in [1.165, 1.54) is 11.1 Å². The molecule has 0 aliphatic carbocycles. The van der Waals surface area contributed by atoms with Crippen molar-refractivity contribution in [1.82, 2.24) is 10.2 Å². The second-order valence-corrected chi connectivity index (χ2v) is 6.35. The lowest BCUT2D eigenvalue weighted by Gasteiger charge is -2.21. The Hall–Kier alpha value is -0.860. The molecule has 0 aromatic heterocycles. The van der Waals surface area contributed by atoms with Crippen LogP contribution in [0.4, 0.5) is 0 Å². The largest absolute Gasteiger partial charge is 0.309 e. The van der Waals surface area contributed by atoms with Gasteiger partial charge >= 0.3 is 0 Å². The summed E-state index contributed by atoms with van der Waals surface area (Å²) in [6.45, 7) is 11.1. The first-order valence-electron chi connectivity index (χ1n) is 6.79. The predicted molar refractivity (Wildman–Crippen MR) is 80.1 cm³/mol. The molecule has 0 amide bonds. The number of hydrogen-bond donors (Lipinski definition) is 1. The number of nitrogens with one attached hydrogen (secondary N) is 1. The maximum atomic E-state index is 3.55. The van der Waals surface area contributed by atoms with Crippen molar-refractivity contribution in [2.24, 2.45) is 0 Å². The summed E-state index contributed by atoms with van der Waals surface area (Å²) in [6.07, 6.45) is 0. The Morgan fingerprint density at radius 2 is 1.67 bits per heavy atom. The second-order valence-electron chi connectivity index (χ2n) is 6.35. The molecule has 1 aromatic rings. The summed E-state index contributed by atoms with van der Waals surface area (Å²) in [5.74, 6) is 0. The standard InChI is InChI=1S/C16H28N2/c1-13(17-11-12-18(5)6)14-7-9-15(10-8-14)16(2,3)4/h7-10,13,17H,11-12H2,1-6H3/t13-/m1/s1. The topological polar surface area (TPSA) is 15.3 Å². The van der Waals surface area contributed by atoms with E-state index < -0.39 is 0 Å². The van der Waals surface area contributed by atoms with Crippen LogP contribution in [-0.4, -0.2) is 32.1 Å². The number of nitrogens with zero attached hydrogens (tertiary/aromatic N) is 1. The highest BCUT2D eigenvalue weighted by atomic mass is 15.1. The van der Waals surface area contributed by atoms with Crippen molar-refractivity contribution in [3.05, 3.63) is 35.4 Å². The zero-order chi connectivity index (χ0) is 13.8. The average Bonchev–Trinajstić information content (AvgIpc) is 2.27. The third kappa shape index (κ3) is 4.79. The molecule has 0 aliphatic rings. The Balaban J connectivity index is 2.56. The Morgan fingerprint density at radius 3 is 2.11 bits per heavy atom. The maximum Gasteiger partial charge on any atom is 0.0292 e. The molecule has 0 saturated heterocycles. The van der Waals surface area contributed by atoms with Gasteiger partial charge in [-0.25, -0.2) is 0 Å². The fourth-order valence-electron chi connectivity index (χ4n) is 1.89. The van der Waals surface area contributed by atoms with Gasteiger partial charge in [-0.2, -0.15) is 0 Å². The van der Waals surface area contributed by atoms with Gasteiger partial charge in [-0.3, -0.25) is 0 Å². The van der Waals surface area contributed by atoms with Gasteiger partial charge in [0.15, 0.2) is 0 Å². The quantitative estimate of drug-likeness (QED) is 0.861. The summed E-state index contributed by atoms with van der Waals surface area (Å²) >= 11 is 0. The zero-order valence-corrected chi connectivity index (χ0v) is 12.7. The maximum absolute atomic E-state index is 3.55. The molecule has 0 fully saturated rings. The summed E-state index contributed by atoms with van der Waals surface area (Å²) in [7, 11) is 4.20.